The molecule has 0 amide bonds. The number of nitrogens with zero attached hydrogens (tertiary/aromatic N) is 1. The van der Waals surface area contributed by atoms with Crippen LogP contribution in [0.15, 0.2) is 48.5 Å². The van der Waals surface area contributed by atoms with Crippen molar-refractivity contribution in [2.75, 3.05) is 21.2 Å². The molecule has 0 heterocycles. The van der Waals surface area contributed by atoms with Crippen molar-refractivity contribution in [2.24, 2.45) is 0 Å². The van der Waals surface area contributed by atoms with Gasteiger partial charge in [-0.3, -0.25) is 14.5 Å². The van der Waals surface area contributed by atoms with Crippen LogP contribution in [-0.2, 0) is 6.42 Å². The van der Waals surface area contributed by atoms with Crippen molar-refractivity contribution < 1.29 is 14.3 Å². The average molecular weight is 325 g/mol. The van der Waals surface area contributed by atoms with Gasteiger partial charge >= 0.3 is 0 Å². The predicted octanol–water partition coefficient (Wildman–Crippen LogP) is 3.25. The predicted molar refractivity (Wildman–Crippen MR) is 95.0 cm³/mol. The van der Waals surface area contributed by atoms with Crippen molar-refractivity contribution in [3.63, 3.8) is 0 Å². The summed E-state index contributed by atoms with van der Waals surface area (Å²) in [5.41, 5.74) is 2.15. The molecule has 126 valence electrons. The summed E-state index contributed by atoms with van der Waals surface area (Å²) in [6.07, 6.45) is 0.477. The lowest BCUT2D eigenvalue weighted by Gasteiger charge is -2.24. The normalized spacial score (nSPS) is 12.0. The molecule has 2 rings (SSSR count). The van der Waals surface area contributed by atoms with Gasteiger partial charge in [-0.05, 0) is 51.2 Å². The molecule has 0 spiro atoms. The largest absolute Gasteiger partial charge is 0.496 e. The van der Waals surface area contributed by atoms with Crippen LogP contribution >= 0.6 is 0 Å². The molecule has 0 N–H and O–H groups in total. The van der Waals surface area contributed by atoms with E-state index < -0.39 is 0 Å². The molecule has 4 nitrogen and oxygen atoms in total. The first-order valence-corrected chi connectivity index (χ1v) is 7.87. The highest BCUT2D eigenvalue weighted by molar-refractivity contribution is 6.00. The highest BCUT2D eigenvalue weighted by Crippen LogP contribution is 2.24. The Bertz CT molecular complexity index is 723. The van der Waals surface area contributed by atoms with E-state index >= 15 is 0 Å². The molecule has 0 aliphatic carbocycles. The molecule has 0 unspecified atom stereocenters. The van der Waals surface area contributed by atoms with Gasteiger partial charge in [0, 0.05) is 11.1 Å². The molecular formula is C20H23NO3. The summed E-state index contributed by atoms with van der Waals surface area (Å²) in [6, 6.07) is 14.3. The van der Waals surface area contributed by atoms with Gasteiger partial charge in [0.2, 0.25) is 0 Å². The smallest absolute Gasteiger partial charge is 0.180 e. The quantitative estimate of drug-likeness (QED) is 0.733. The summed E-state index contributed by atoms with van der Waals surface area (Å²) in [5, 5.41) is 0. The van der Waals surface area contributed by atoms with Crippen molar-refractivity contribution in [1.29, 1.82) is 0 Å². The number of methoxy groups -OCH3 is 1. The van der Waals surface area contributed by atoms with Crippen LogP contribution in [0.3, 0.4) is 0 Å². The Labute approximate surface area is 143 Å². The fourth-order valence-corrected chi connectivity index (χ4v) is 2.67. The number of Topliss-reactive ketones (excluding diaryl/α,β-unsaturated/α-hetero) is 2. The van der Waals surface area contributed by atoms with E-state index in [-0.39, 0.29) is 17.6 Å². The molecule has 4 heteroatoms. The lowest BCUT2D eigenvalue weighted by atomic mass is 9.95. The van der Waals surface area contributed by atoms with Crippen molar-refractivity contribution in [1.82, 2.24) is 4.90 Å². The SMILES string of the molecule is COc1ccc(C(C)=O)cc1C[C@H](C(=O)c1ccccc1)N(C)C. The van der Waals surface area contributed by atoms with Crippen molar-refractivity contribution in [3.05, 3.63) is 65.2 Å². The van der Waals surface area contributed by atoms with Crippen molar-refractivity contribution >= 4 is 11.6 Å². The van der Waals surface area contributed by atoms with E-state index in [4.69, 9.17) is 4.74 Å². The number of likely N-dealkylation sites (N-methyl/N-ethyl adjacent to an activating group) is 1. The van der Waals surface area contributed by atoms with Crippen LogP contribution in [0.25, 0.3) is 0 Å². The Morgan fingerprint density at radius 2 is 1.71 bits per heavy atom. The number of carbonyl (C=O) groups excluding carboxylic acids is 2. The van der Waals surface area contributed by atoms with Crippen LogP contribution in [0.4, 0.5) is 0 Å². The fourth-order valence-electron chi connectivity index (χ4n) is 2.67. The maximum atomic E-state index is 12.9. The van der Waals surface area contributed by atoms with Crippen LogP contribution < -0.4 is 4.74 Å². The van der Waals surface area contributed by atoms with E-state index in [1.54, 1.807) is 19.2 Å². The summed E-state index contributed by atoms with van der Waals surface area (Å²) in [7, 11) is 5.36. The first-order valence-electron chi connectivity index (χ1n) is 7.87. The Morgan fingerprint density at radius 3 is 2.25 bits per heavy atom. The van der Waals surface area contributed by atoms with Gasteiger partial charge in [0.05, 0.1) is 13.2 Å². The fraction of sp³-hybridized carbons (Fsp3) is 0.300. The maximum Gasteiger partial charge on any atom is 0.180 e. The van der Waals surface area contributed by atoms with Gasteiger partial charge in [-0.2, -0.15) is 0 Å². The third kappa shape index (κ3) is 4.09. The number of hydrogen-bond donors (Lipinski definition) is 0. The number of carbonyl (C=O) groups is 2. The Balaban J connectivity index is 2.36. The zero-order valence-electron chi connectivity index (χ0n) is 14.6. The highest BCUT2D eigenvalue weighted by Gasteiger charge is 2.24. The van der Waals surface area contributed by atoms with Gasteiger partial charge in [0.25, 0.3) is 0 Å². The number of rotatable bonds is 7. The second-order valence-corrected chi connectivity index (χ2v) is 6.00. The molecule has 0 aliphatic heterocycles. The van der Waals surface area contributed by atoms with Crippen molar-refractivity contribution in [3.8, 4) is 5.75 Å². The molecule has 0 fully saturated rings. The molecule has 2 aromatic rings. The Kier molecular flexibility index (Phi) is 5.88. The molecule has 24 heavy (non-hydrogen) atoms. The second-order valence-electron chi connectivity index (χ2n) is 6.00. The van der Waals surface area contributed by atoms with E-state index in [0.29, 0.717) is 23.3 Å². The third-order valence-corrected chi connectivity index (χ3v) is 4.08. The molecule has 0 saturated carbocycles. The summed E-state index contributed by atoms with van der Waals surface area (Å²) >= 11 is 0. The second kappa shape index (κ2) is 7.88. The topological polar surface area (TPSA) is 46.6 Å². The van der Waals surface area contributed by atoms with Gasteiger partial charge in [-0.15, -0.1) is 0 Å². The Morgan fingerprint density at radius 1 is 1.04 bits per heavy atom. The molecule has 0 aliphatic rings. The van der Waals surface area contributed by atoms with E-state index in [1.807, 2.05) is 55.4 Å². The first kappa shape index (κ1) is 17.9. The minimum Gasteiger partial charge on any atom is -0.496 e. The van der Waals surface area contributed by atoms with Gasteiger partial charge in [-0.25, -0.2) is 0 Å². The van der Waals surface area contributed by atoms with Crippen LogP contribution in [0.5, 0.6) is 5.75 Å². The van der Waals surface area contributed by atoms with Gasteiger partial charge in [0.1, 0.15) is 5.75 Å². The molecular weight excluding hydrogens is 302 g/mol. The molecule has 1 atom stereocenters. The molecule has 0 aromatic heterocycles. The van der Waals surface area contributed by atoms with Crippen molar-refractivity contribution in [2.45, 2.75) is 19.4 Å². The minimum absolute atomic E-state index is 0.00491. The first-order chi connectivity index (χ1) is 11.4. The van der Waals surface area contributed by atoms with E-state index in [0.717, 1.165) is 5.56 Å². The Hall–Kier alpha value is -2.46. The molecule has 0 radical (unpaired) electrons. The van der Waals surface area contributed by atoms with Crippen LogP contribution in [0.1, 0.15) is 33.2 Å². The van der Waals surface area contributed by atoms with Crippen LogP contribution in [-0.4, -0.2) is 43.7 Å². The highest BCUT2D eigenvalue weighted by atomic mass is 16.5. The van der Waals surface area contributed by atoms with E-state index in [9.17, 15) is 9.59 Å². The zero-order chi connectivity index (χ0) is 17.7. The van der Waals surface area contributed by atoms with Gasteiger partial charge in [-0.1, -0.05) is 30.3 Å². The number of ether oxygens (including phenoxy) is 1. The summed E-state index contributed by atoms with van der Waals surface area (Å²) in [4.78, 5) is 26.4. The molecule has 0 bridgehead atoms. The zero-order valence-corrected chi connectivity index (χ0v) is 14.6. The molecule has 2 aromatic carbocycles. The number of ketones is 2. The van der Waals surface area contributed by atoms with Crippen LogP contribution in [0.2, 0.25) is 0 Å². The number of hydrogen-bond acceptors (Lipinski definition) is 4. The molecule has 0 saturated heterocycles. The van der Waals surface area contributed by atoms with E-state index in [1.165, 1.54) is 6.92 Å². The third-order valence-electron chi connectivity index (χ3n) is 4.08. The monoisotopic (exact) mass is 325 g/mol. The maximum absolute atomic E-state index is 12.9. The standard InChI is InChI=1S/C20H23NO3/c1-14(22)16-10-11-19(24-4)17(12-16)13-18(21(2)3)20(23)15-8-6-5-7-9-15/h5-12,18H,13H2,1-4H3/t18-/m1/s1. The summed E-state index contributed by atoms with van der Waals surface area (Å²) in [6.45, 7) is 1.53. The lowest BCUT2D eigenvalue weighted by molar-refractivity contribution is 0.0874. The van der Waals surface area contributed by atoms with Gasteiger partial charge in [0.15, 0.2) is 11.6 Å². The van der Waals surface area contributed by atoms with Crippen LogP contribution in [0, 0.1) is 0 Å². The summed E-state index contributed by atoms with van der Waals surface area (Å²) in [5.74, 6) is 0.735. The average Bonchev–Trinajstić information content (AvgIpc) is 2.59. The summed E-state index contributed by atoms with van der Waals surface area (Å²) < 4.78 is 5.41. The number of benzene rings is 2. The lowest BCUT2D eigenvalue weighted by Crippen LogP contribution is -2.37. The van der Waals surface area contributed by atoms with E-state index in [2.05, 4.69) is 0 Å². The minimum atomic E-state index is -0.330. The van der Waals surface area contributed by atoms with Gasteiger partial charge < -0.3 is 4.74 Å².